The Balaban J connectivity index is 2.20. The number of carbonyl (C=O) groups is 2. The molecule has 132 valence electrons. The molecule has 1 N–H and O–H groups in total. The number of carboxylic acids is 1. The minimum atomic E-state index is -1.10. The van der Waals surface area contributed by atoms with Crippen molar-refractivity contribution < 1.29 is 19.4 Å². The van der Waals surface area contributed by atoms with Crippen LogP contribution in [0.1, 0.15) is 29.7 Å². The summed E-state index contributed by atoms with van der Waals surface area (Å²) in [5.41, 5.74) is 2.28. The van der Waals surface area contributed by atoms with Crippen LogP contribution in [0.2, 0.25) is 0 Å². The predicted octanol–water partition coefficient (Wildman–Crippen LogP) is 4.54. The summed E-state index contributed by atoms with van der Waals surface area (Å²) in [5, 5.41) is 9.66. The van der Waals surface area contributed by atoms with Crippen molar-refractivity contribution in [3.63, 3.8) is 0 Å². The van der Waals surface area contributed by atoms with Crippen molar-refractivity contribution in [1.29, 1.82) is 0 Å². The lowest BCUT2D eigenvalue weighted by atomic mass is 10.0. The van der Waals surface area contributed by atoms with Gasteiger partial charge in [-0.05, 0) is 36.6 Å². The lowest BCUT2D eigenvalue weighted by molar-refractivity contribution is -0.143. The molecule has 0 spiro atoms. The summed E-state index contributed by atoms with van der Waals surface area (Å²) in [6.07, 6.45) is -0.653. The zero-order valence-electron chi connectivity index (χ0n) is 14.1. The third-order valence-corrected chi connectivity index (χ3v) is 4.71. The van der Waals surface area contributed by atoms with Crippen LogP contribution in [0.25, 0.3) is 0 Å². The van der Waals surface area contributed by atoms with Gasteiger partial charge in [-0.15, -0.1) is 0 Å². The van der Waals surface area contributed by atoms with Gasteiger partial charge in [-0.2, -0.15) is 0 Å². The molecule has 2 rings (SSSR count). The Bertz CT molecular complexity index is 748. The van der Waals surface area contributed by atoms with E-state index in [2.05, 4.69) is 15.9 Å². The molecule has 1 atom stereocenters. The molecule has 25 heavy (non-hydrogen) atoms. The molecule has 0 fully saturated rings. The molecule has 5 nitrogen and oxygen atoms in total. The first-order valence-corrected chi connectivity index (χ1v) is 8.69. The molecule has 0 saturated heterocycles. The van der Waals surface area contributed by atoms with Crippen LogP contribution in [0.15, 0.2) is 53.0 Å². The van der Waals surface area contributed by atoms with Gasteiger partial charge in [-0.25, -0.2) is 9.59 Å². The molecule has 0 heterocycles. The monoisotopic (exact) mass is 405 g/mol. The van der Waals surface area contributed by atoms with E-state index in [1.165, 1.54) is 4.90 Å². The van der Waals surface area contributed by atoms with Crippen molar-refractivity contribution in [2.45, 2.75) is 26.5 Å². The van der Waals surface area contributed by atoms with Crippen LogP contribution in [0.3, 0.4) is 0 Å². The molecule has 0 aromatic heterocycles. The number of rotatable bonds is 6. The van der Waals surface area contributed by atoms with E-state index in [-0.39, 0.29) is 13.2 Å². The maximum Gasteiger partial charge on any atom is 0.411 e. The van der Waals surface area contributed by atoms with Crippen LogP contribution in [-0.4, -0.2) is 28.6 Å². The first kappa shape index (κ1) is 19.0. The van der Waals surface area contributed by atoms with Gasteiger partial charge in [0.2, 0.25) is 0 Å². The molecule has 2 aromatic rings. The van der Waals surface area contributed by atoms with Gasteiger partial charge in [-0.3, -0.25) is 4.90 Å². The largest absolute Gasteiger partial charge is 0.479 e. The maximum absolute atomic E-state index is 12.4. The summed E-state index contributed by atoms with van der Waals surface area (Å²) in [6.45, 7) is 3.92. The highest BCUT2D eigenvalue weighted by molar-refractivity contribution is 9.10. The first-order valence-electron chi connectivity index (χ1n) is 7.90. The second-order valence-electron chi connectivity index (χ2n) is 5.58. The average Bonchev–Trinajstić information content (AvgIpc) is 2.60. The third-order valence-electron chi connectivity index (χ3n) is 3.82. The maximum atomic E-state index is 12.4. The Hall–Kier alpha value is -2.34. The third kappa shape index (κ3) is 4.82. The van der Waals surface area contributed by atoms with E-state index in [0.29, 0.717) is 5.56 Å². The number of aryl methyl sites for hydroxylation is 1. The van der Waals surface area contributed by atoms with Gasteiger partial charge in [0.05, 0.1) is 0 Å². The van der Waals surface area contributed by atoms with Crippen molar-refractivity contribution in [3.8, 4) is 0 Å². The Morgan fingerprint density at radius 1 is 1.20 bits per heavy atom. The van der Waals surface area contributed by atoms with E-state index in [1.807, 2.05) is 37.3 Å². The van der Waals surface area contributed by atoms with Crippen molar-refractivity contribution in [1.82, 2.24) is 4.90 Å². The molecular formula is C19H20BrNO4. The van der Waals surface area contributed by atoms with Crippen LogP contribution in [0, 0.1) is 6.92 Å². The second-order valence-corrected chi connectivity index (χ2v) is 6.43. The van der Waals surface area contributed by atoms with Crippen molar-refractivity contribution in [3.05, 3.63) is 69.7 Å². The fourth-order valence-electron chi connectivity index (χ4n) is 2.51. The molecule has 6 heteroatoms. The SMILES string of the molecule is CCN(C(=O)OCc1ccccc1)C(C(=O)O)c1ccc(Br)c(C)c1. The smallest absolute Gasteiger partial charge is 0.411 e. The fraction of sp³-hybridized carbons (Fsp3) is 0.263. The first-order chi connectivity index (χ1) is 11.9. The number of aliphatic carboxylic acids is 1. The summed E-state index contributed by atoms with van der Waals surface area (Å²) in [6, 6.07) is 13.4. The van der Waals surface area contributed by atoms with Gasteiger partial charge in [0.25, 0.3) is 0 Å². The highest BCUT2D eigenvalue weighted by atomic mass is 79.9. The number of nitrogens with zero attached hydrogens (tertiary/aromatic N) is 1. The molecular weight excluding hydrogens is 386 g/mol. The van der Waals surface area contributed by atoms with Gasteiger partial charge >= 0.3 is 12.1 Å². The minimum absolute atomic E-state index is 0.0991. The Labute approximate surface area is 155 Å². The van der Waals surface area contributed by atoms with E-state index in [1.54, 1.807) is 25.1 Å². The second kappa shape index (κ2) is 8.67. The molecule has 0 bridgehead atoms. The molecule has 0 aliphatic carbocycles. The normalized spacial score (nSPS) is 11.6. The summed E-state index contributed by atoms with van der Waals surface area (Å²) < 4.78 is 6.19. The van der Waals surface area contributed by atoms with E-state index in [0.717, 1.165) is 15.6 Å². The molecule has 2 aromatic carbocycles. The lowest BCUT2D eigenvalue weighted by Gasteiger charge is -2.27. The van der Waals surface area contributed by atoms with Crippen LogP contribution in [0.4, 0.5) is 4.79 Å². The minimum Gasteiger partial charge on any atom is -0.479 e. The Morgan fingerprint density at radius 3 is 2.44 bits per heavy atom. The molecule has 0 radical (unpaired) electrons. The Kier molecular flexibility index (Phi) is 6.58. The predicted molar refractivity (Wildman–Crippen MR) is 98.3 cm³/mol. The zero-order valence-corrected chi connectivity index (χ0v) is 15.7. The summed E-state index contributed by atoms with van der Waals surface area (Å²) in [4.78, 5) is 25.5. The van der Waals surface area contributed by atoms with E-state index in [9.17, 15) is 14.7 Å². The fourth-order valence-corrected chi connectivity index (χ4v) is 2.76. The van der Waals surface area contributed by atoms with Gasteiger partial charge in [0.1, 0.15) is 6.61 Å². The van der Waals surface area contributed by atoms with Gasteiger partial charge < -0.3 is 9.84 Å². The highest BCUT2D eigenvalue weighted by Gasteiger charge is 2.31. The molecule has 0 saturated carbocycles. The standard InChI is InChI=1S/C19H20BrNO4/c1-3-21(19(24)25-12-14-7-5-4-6-8-14)17(18(22)23)15-9-10-16(20)13(2)11-15/h4-11,17H,3,12H2,1-2H3,(H,22,23). The van der Waals surface area contributed by atoms with Crippen molar-refractivity contribution >= 4 is 28.0 Å². The van der Waals surface area contributed by atoms with Crippen LogP contribution < -0.4 is 0 Å². The van der Waals surface area contributed by atoms with Crippen molar-refractivity contribution in [2.24, 2.45) is 0 Å². The van der Waals surface area contributed by atoms with Crippen LogP contribution in [-0.2, 0) is 16.1 Å². The van der Waals surface area contributed by atoms with Crippen molar-refractivity contribution in [2.75, 3.05) is 6.54 Å². The number of likely N-dealkylation sites (N-methyl/N-ethyl adjacent to an activating group) is 1. The molecule has 1 amide bonds. The zero-order chi connectivity index (χ0) is 18.4. The van der Waals surface area contributed by atoms with Gasteiger partial charge in [-0.1, -0.05) is 58.4 Å². The number of hydrogen-bond acceptors (Lipinski definition) is 3. The average molecular weight is 406 g/mol. The number of ether oxygens (including phenoxy) is 1. The number of benzene rings is 2. The van der Waals surface area contributed by atoms with E-state index < -0.39 is 18.1 Å². The summed E-state index contributed by atoms with van der Waals surface area (Å²) in [5.74, 6) is -1.10. The number of hydrogen-bond donors (Lipinski definition) is 1. The van der Waals surface area contributed by atoms with Crippen LogP contribution in [0.5, 0.6) is 0 Å². The lowest BCUT2D eigenvalue weighted by Crippen LogP contribution is -2.39. The molecule has 1 unspecified atom stereocenters. The number of halogens is 1. The van der Waals surface area contributed by atoms with Gasteiger partial charge in [0.15, 0.2) is 6.04 Å². The van der Waals surface area contributed by atoms with E-state index >= 15 is 0 Å². The number of carboxylic acid groups (broad SMARTS) is 1. The van der Waals surface area contributed by atoms with Gasteiger partial charge in [0, 0.05) is 11.0 Å². The quantitative estimate of drug-likeness (QED) is 0.765. The summed E-state index contributed by atoms with van der Waals surface area (Å²) >= 11 is 3.40. The molecule has 0 aliphatic heterocycles. The summed E-state index contributed by atoms with van der Waals surface area (Å²) in [7, 11) is 0. The highest BCUT2D eigenvalue weighted by Crippen LogP contribution is 2.26. The Morgan fingerprint density at radius 2 is 1.88 bits per heavy atom. The van der Waals surface area contributed by atoms with E-state index in [4.69, 9.17) is 4.74 Å². The van der Waals surface area contributed by atoms with Crippen LogP contribution >= 0.6 is 15.9 Å². The molecule has 0 aliphatic rings. The topological polar surface area (TPSA) is 66.8 Å². The number of amides is 1. The number of carbonyl (C=O) groups excluding carboxylic acids is 1.